The van der Waals surface area contributed by atoms with E-state index in [0.29, 0.717) is 18.2 Å². The Morgan fingerprint density at radius 3 is 2.83 bits per heavy atom. The highest BCUT2D eigenvalue weighted by Crippen LogP contribution is 2.42. The van der Waals surface area contributed by atoms with Crippen molar-refractivity contribution in [3.05, 3.63) is 29.8 Å². The highest BCUT2D eigenvalue weighted by molar-refractivity contribution is 5.90. The van der Waals surface area contributed by atoms with Crippen LogP contribution < -0.4 is 5.32 Å². The average Bonchev–Trinajstić information content (AvgIpc) is 3.41. The van der Waals surface area contributed by atoms with E-state index in [9.17, 15) is 9.59 Å². The molecule has 0 radical (unpaired) electrons. The van der Waals surface area contributed by atoms with Crippen LogP contribution in [0.5, 0.6) is 0 Å². The maximum absolute atomic E-state index is 12.8. The van der Waals surface area contributed by atoms with E-state index in [4.69, 9.17) is 4.74 Å². The molecule has 1 aliphatic carbocycles. The number of rotatable bonds is 6. The van der Waals surface area contributed by atoms with Crippen LogP contribution >= 0.6 is 0 Å². The maximum atomic E-state index is 12.8. The van der Waals surface area contributed by atoms with E-state index in [1.807, 2.05) is 18.2 Å². The summed E-state index contributed by atoms with van der Waals surface area (Å²) < 4.78 is 6.38. The second-order valence-electron chi connectivity index (χ2n) is 8.99. The number of unbranched alkanes of at least 4 members (excludes halogenated alkanes) is 1. The fourth-order valence-electron chi connectivity index (χ4n) is 5.18. The van der Waals surface area contributed by atoms with Gasteiger partial charge in [-0.3, -0.25) is 9.59 Å². The number of amides is 2. The Hall–Kier alpha value is -1.88. The zero-order chi connectivity index (χ0) is 20.2. The molecule has 3 atom stereocenters. The second-order valence-corrected chi connectivity index (χ2v) is 8.99. The summed E-state index contributed by atoms with van der Waals surface area (Å²) in [5, 5.41) is 3.01. The van der Waals surface area contributed by atoms with Crippen LogP contribution in [0.3, 0.4) is 0 Å². The molecule has 1 N–H and O–H groups in total. The Morgan fingerprint density at radius 1 is 1.21 bits per heavy atom. The van der Waals surface area contributed by atoms with Crippen molar-refractivity contribution in [2.24, 2.45) is 11.8 Å². The van der Waals surface area contributed by atoms with Gasteiger partial charge in [-0.2, -0.15) is 0 Å². The number of benzene rings is 1. The lowest BCUT2D eigenvalue weighted by Gasteiger charge is -2.35. The van der Waals surface area contributed by atoms with Crippen LogP contribution in [0.25, 0.3) is 0 Å². The number of carbonyl (C=O) groups excluding carboxylic acids is 2. The standard InChI is InChI=1S/C24H34N2O3/c1-2-3-11-23(27)25-20-10-6-9-18(14-20)22-15-19-16-26(13-12-21(19)29-22)24(28)17-7-4-5-8-17/h6,9-10,14,17,19,21-22H,2-5,7-8,11-13,15-16H2,1H3,(H,25,27). The van der Waals surface area contributed by atoms with Gasteiger partial charge >= 0.3 is 0 Å². The Balaban J connectivity index is 1.35. The summed E-state index contributed by atoms with van der Waals surface area (Å²) in [6.45, 7) is 3.76. The number of nitrogens with one attached hydrogen (secondary N) is 1. The molecule has 158 valence electrons. The molecule has 5 heteroatoms. The van der Waals surface area contributed by atoms with Crippen LogP contribution in [-0.2, 0) is 14.3 Å². The van der Waals surface area contributed by atoms with E-state index >= 15 is 0 Å². The van der Waals surface area contributed by atoms with Crippen molar-refractivity contribution in [3.63, 3.8) is 0 Å². The number of nitrogens with zero attached hydrogens (tertiary/aromatic N) is 1. The van der Waals surface area contributed by atoms with Gasteiger partial charge in [0, 0.05) is 37.0 Å². The fraction of sp³-hybridized carbons (Fsp3) is 0.667. The van der Waals surface area contributed by atoms with Crippen molar-refractivity contribution in [2.45, 2.75) is 76.9 Å². The molecule has 4 rings (SSSR count). The number of ether oxygens (including phenoxy) is 1. The zero-order valence-corrected chi connectivity index (χ0v) is 17.6. The molecular formula is C24H34N2O3. The largest absolute Gasteiger partial charge is 0.370 e. The Morgan fingerprint density at radius 2 is 2.03 bits per heavy atom. The first-order valence-corrected chi connectivity index (χ1v) is 11.5. The first-order valence-electron chi connectivity index (χ1n) is 11.5. The molecule has 3 aliphatic rings. The molecule has 0 aromatic heterocycles. The molecule has 5 nitrogen and oxygen atoms in total. The summed E-state index contributed by atoms with van der Waals surface area (Å²) in [5.41, 5.74) is 1.97. The summed E-state index contributed by atoms with van der Waals surface area (Å²) in [4.78, 5) is 27.0. The maximum Gasteiger partial charge on any atom is 0.225 e. The Labute approximate surface area is 174 Å². The van der Waals surface area contributed by atoms with Crippen molar-refractivity contribution < 1.29 is 14.3 Å². The predicted molar refractivity (Wildman–Crippen MR) is 113 cm³/mol. The molecule has 0 spiro atoms. The highest BCUT2D eigenvalue weighted by Gasteiger charge is 2.41. The minimum Gasteiger partial charge on any atom is -0.370 e. The average molecular weight is 399 g/mol. The lowest BCUT2D eigenvalue weighted by Crippen LogP contribution is -2.46. The summed E-state index contributed by atoms with van der Waals surface area (Å²) in [5.74, 6) is 1.13. The van der Waals surface area contributed by atoms with Gasteiger partial charge in [0.25, 0.3) is 0 Å². The molecule has 3 unspecified atom stereocenters. The topological polar surface area (TPSA) is 58.6 Å². The first-order chi connectivity index (χ1) is 14.1. The summed E-state index contributed by atoms with van der Waals surface area (Å²) in [7, 11) is 0. The van der Waals surface area contributed by atoms with Crippen molar-refractivity contribution in [1.82, 2.24) is 4.90 Å². The molecule has 2 heterocycles. The molecule has 0 bridgehead atoms. The number of likely N-dealkylation sites (tertiary alicyclic amines) is 1. The number of fused-ring (bicyclic) bond motifs is 1. The Kier molecular flexibility index (Phi) is 6.53. The van der Waals surface area contributed by atoms with Gasteiger partial charge in [0.1, 0.15) is 0 Å². The predicted octanol–water partition coefficient (Wildman–Crippen LogP) is 4.68. The van der Waals surface area contributed by atoms with Gasteiger partial charge in [-0.25, -0.2) is 0 Å². The summed E-state index contributed by atoms with van der Waals surface area (Å²) in [6.07, 6.45) is 9.23. The van der Waals surface area contributed by atoms with Crippen molar-refractivity contribution in [3.8, 4) is 0 Å². The second kappa shape index (κ2) is 9.29. The smallest absolute Gasteiger partial charge is 0.225 e. The molecule has 2 saturated heterocycles. The Bertz CT molecular complexity index is 729. The van der Waals surface area contributed by atoms with Crippen LogP contribution in [0.4, 0.5) is 5.69 Å². The van der Waals surface area contributed by atoms with Gasteiger partial charge in [0.05, 0.1) is 12.2 Å². The van der Waals surface area contributed by atoms with Gasteiger partial charge in [-0.15, -0.1) is 0 Å². The van der Waals surface area contributed by atoms with Crippen LogP contribution in [0.2, 0.25) is 0 Å². The van der Waals surface area contributed by atoms with Crippen LogP contribution in [0.1, 0.15) is 76.4 Å². The molecule has 3 fully saturated rings. The number of piperidine rings is 1. The van der Waals surface area contributed by atoms with E-state index in [1.165, 1.54) is 12.8 Å². The van der Waals surface area contributed by atoms with Gasteiger partial charge < -0.3 is 15.0 Å². The van der Waals surface area contributed by atoms with Crippen LogP contribution in [0, 0.1) is 11.8 Å². The number of hydrogen-bond donors (Lipinski definition) is 1. The molecule has 29 heavy (non-hydrogen) atoms. The third-order valence-corrected chi connectivity index (χ3v) is 6.84. The first kappa shape index (κ1) is 20.4. The molecule has 1 saturated carbocycles. The fourth-order valence-corrected chi connectivity index (χ4v) is 5.18. The molecular weight excluding hydrogens is 364 g/mol. The van der Waals surface area contributed by atoms with Crippen molar-refractivity contribution >= 4 is 17.5 Å². The van der Waals surface area contributed by atoms with Crippen molar-refractivity contribution in [1.29, 1.82) is 0 Å². The molecule has 2 aliphatic heterocycles. The third-order valence-electron chi connectivity index (χ3n) is 6.84. The number of hydrogen-bond acceptors (Lipinski definition) is 3. The zero-order valence-electron chi connectivity index (χ0n) is 17.6. The van der Waals surface area contributed by atoms with Gasteiger partial charge in [-0.1, -0.05) is 38.3 Å². The summed E-state index contributed by atoms with van der Waals surface area (Å²) in [6, 6.07) is 8.07. The SMILES string of the molecule is CCCCC(=O)Nc1cccc(C2CC3CN(C(=O)C4CCCC4)CCC3O2)c1. The van der Waals surface area contributed by atoms with Gasteiger partial charge in [0.2, 0.25) is 11.8 Å². The van der Waals surface area contributed by atoms with E-state index in [2.05, 4.69) is 23.2 Å². The molecule has 2 amide bonds. The molecule has 1 aromatic rings. The van der Waals surface area contributed by atoms with Gasteiger partial charge in [-0.05, 0) is 49.8 Å². The third kappa shape index (κ3) is 4.82. The van der Waals surface area contributed by atoms with Gasteiger partial charge in [0.15, 0.2) is 0 Å². The summed E-state index contributed by atoms with van der Waals surface area (Å²) >= 11 is 0. The quantitative estimate of drug-likeness (QED) is 0.757. The number of carbonyl (C=O) groups is 2. The van der Waals surface area contributed by atoms with E-state index < -0.39 is 0 Å². The van der Waals surface area contributed by atoms with E-state index in [0.717, 1.165) is 62.9 Å². The highest BCUT2D eigenvalue weighted by atomic mass is 16.5. The molecule has 1 aromatic carbocycles. The van der Waals surface area contributed by atoms with Crippen LogP contribution in [-0.4, -0.2) is 35.9 Å². The number of anilines is 1. The normalized spacial score (nSPS) is 27.1. The van der Waals surface area contributed by atoms with Crippen molar-refractivity contribution in [2.75, 3.05) is 18.4 Å². The minimum atomic E-state index is 0.0547. The van der Waals surface area contributed by atoms with Crippen LogP contribution in [0.15, 0.2) is 24.3 Å². The minimum absolute atomic E-state index is 0.0547. The lowest BCUT2D eigenvalue weighted by molar-refractivity contribution is -0.138. The van der Waals surface area contributed by atoms with E-state index in [-0.39, 0.29) is 24.0 Å². The van der Waals surface area contributed by atoms with E-state index in [1.54, 1.807) is 0 Å². The monoisotopic (exact) mass is 398 g/mol. The lowest BCUT2D eigenvalue weighted by atomic mass is 9.90.